The second-order valence-electron chi connectivity index (χ2n) is 7.18. The Hall–Kier alpha value is -4.20. The van der Waals surface area contributed by atoms with E-state index in [0.717, 1.165) is 16.9 Å². The molecule has 0 aliphatic rings. The van der Waals surface area contributed by atoms with Gasteiger partial charge in [-0.3, -0.25) is 4.79 Å². The first-order valence-corrected chi connectivity index (χ1v) is 10.3. The fourth-order valence-corrected chi connectivity index (χ4v) is 3.36. The summed E-state index contributed by atoms with van der Waals surface area (Å²) in [6, 6.07) is 17.0. The van der Waals surface area contributed by atoms with Gasteiger partial charge in [0.15, 0.2) is 0 Å². The molecule has 1 amide bonds. The predicted octanol–water partition coefficient (Wildman–Crippen LogP) is 3.72. The summed E-state index contributed by atoms with van der Waals surface area (Å²) in [7, 11) is 0. The number of carbonyl (C=O) groups is 2. The van der Waals surface area contributed by atoms with Gasteiger partial charge in [-0.15, -0.1) is 0 Å². The molecule has 0 radical (unpaired) electrons. The molecule has 0 aliphatic heterocycles. The van der Waals surface area contributed by atoms with Crippen molar-refractivity contribution in [3.05, 3.63) is 90.0 Å². The summed E-state index contributed by atoms with van der Waals surface area (Å²) in [5, 5.41) is 11.5. The lowest BCUT2D eigenvalue weighted by Crippen LogP contribution is -2.14. The summed E-state index contributed by atoms with van der Waals surface area (Å²) in [5.41, 5.74) is 4.19. The Kier molecular flexibility index (Phi) is 6.12. The van der Waals surface area contributed by atoms with Gasteiger partial charge in [0.1, 0.15) is 5.56 Å². The highest BCUT2D eigenvalue weighted by Crippen LogP contribution is 2.19. The highest BCUT2D eigenvalue weighted by molar-refractivity contribution is 5.92. The average Bonchev–Trinajstić information content (AvgIpc) is 3.41. The van der Waals surface area contributed by atoms with Crippen LogP contribution in [0.25, 0.3) is 11.4 Å². The van der Waals surface area contributed by atoms with Crippen LogP contribution in [0.2, 0.25) is 0 Å². The number of hydrogen-bond acceptors (Lipinski definition) is 5. The van der Waals surface area contributed by atoms with E-state index in [0.29, 0.717) is 23.6 Å². The first-order valence-electron chi connectivity index (χ1n) is 10.3. The Morgan fingerprint density at radius 1 is 1.00 bits per heavy atom. The summed E-state index contributed by atoms with van der Waals surface area (Å²) in [6.07, 6.45) is 5.22. The molecule has 4 aromatic rings. The van der Waals surface area contributed by atoms with E-state index in [1.165, 1.54) is 6.20 Å². The minimum atomic E-state index is -0.406. The van der Waals surface area contributed by atoms with Crippen LogP contribution < -0.4 is 5.32 Å². The number of nitrogens with zero attached hydrogens (tertiary/aromatic N) is 4. The van der Waals surface area contributed by atoms with Crippen molar-refractivity contribution in [1.82, 2.24) is 19.6 Å². The molecule has 8 heteroatoms. The molecule has 0 saturated carbocycles. The quantitative estimate of drug-likeness (QED) is 0.452. The molecule has 0 atom stereocenters. The Morgan fingerprint density at radius 3 is 2.56 bits per heavy atom. The van der Waals surface area contributed by atoms with E-state index in [4.69, 9.17) is 4.74 Å². The third kappa shape index (κ3) is 4.59. The zero-order chi connectivity index (χ0) is 22.5. The van der Waals surface area contributed by atoms with Crippen molar-refractivity contribution in [3.8, 4) is 11.4 Å². The summed E-state index contributed by atoms with van der Waals surface area (Å²) in [5.74, 6) is -0.559. The van der Waals surface area contributed by atoms with Gasteiger partial charge in [0.05, 0.1) is 42.5 Å². The molecule has 0 aliphatic carbocycles. The molecule has 2 aromatic heterocycles. The maximum absolute atomic E-state index is 12.6. The van der Waals surface area contributed by atoms with Crippen LogP contribution in [-0.2, 0) is 16.0 Å². The Bertz CT molecular complexity index is 1240. The lowest BCUT2D eigenvalue weighted by Gasteiger charge is -2.09. The molecule has 32 heavy (non-hydrogen) atoms. The van der Waals surface area contributed by atoms with Crippen LogP contribution >= 0.6 is 0 Å². The SMILES string of the molecule is CCOC(=O)c1cnn(-c2cccc(NC(=O)Cc3cnn(-c4ccccc4)c3)c2)c1C. The van der Waals surface area contributed by atoms with Crippen molar-refractivity contribution in [3.63, 3.8) is 0 Å². The third-order valence-corrected chi connectivity index (χ3v) is 4.90. The number of hydrogen-bond donors (Lipinski definition) is 1. The minimum absolute atomic E-state index is 0.154. The number of aromatic nitrogens is 4. The van der Waals surface area contributed by atoms with Gasteiger partial charge in [0.25, 0.3) is 0 Å². The van der Waals surface area contributed by atoms with E-state index in [-0.39, 0.29) is 12.3 Å². The molecule has 2 aromatic carbocycles. The second kappa shape index (κ2) is 9.30. The maximum atomic E-state index is 12.6. The largest absolute Gasteiger partial charge is 0.462 e. The van der Waals surface area contributed by atoms with Crippen LogP contribution in [0.4, 0.5) is 5.69 Å². The van der Waals surface area contributed by atoms with Crippen molar-refractivity contribution in [2.75, 3.05) is 11.9 Å². The van der Waals surface area contributed by atoms with Crippen molar-refractivity contribution in [2.45, 2.75) is 20.3 Å². The second-order valence-corrected chi connectivity index (χ2v) is 7.18. The van der Waals surface area contributed by atoms with Gasteiger partial charge in [-0.25, -0.2) is 14.2 Å². The molecule has 162 valence electrons. The zero-order valence-electron chi connectivity index (χ0n) is 17.9. The molecule has 0 saturated heterocycles. The Balaban J connectivity index is 1.45. The number of esters is 1. The molecule has 0 spiro atoms. The Morgan fingerprint density at radius 2 is 1.78 bits per heavy atom. The van der Waals surface area contributed by atoms with E-state index in [1.807, 2.05) is 48.7 Å². The fraction of sp³-hybridized carbons (Fsp3) is 0.167. The normalized spacial score (nSPS) is 10.7. The van der Waals surface area contributed by atoms with Gasteiger partial charge >= 0.3 is 5.97 Å². The van der Waals surface area contributed by atoms with Gasteiger partial charge in [-0.2, -0.15) is 10.2 Å². The molecular formula is C24H23N5O3. The molecule has 4 rings (SSSR count). The molecule has 0 unspecified atom stereocenters. The first-order chi connectivity index (χ1) is 15.5. The number of nitrogens with one attached hydrogen (secondary N) is 1. The summed E-state index contributed by atoms with van der Waals surface area (Å²) >= 11 is 0. The van der Waals surface area contributed by atoms with Gasteiger partial charge in [0.2, 0.25) is 5.91 Å². The zero-order valence-corrected chi connectivity index (χ0v) is 17.9. The van der Waals surface area contributed by atoms with Crippen LogP contribution in [0.1, 0.15) is 28.5 Å². The summed E-state index contributed by atoms with van der Waals surface area (Å²) < 4.78 is 8.45. The van der Waals surface area contributed by atoms with E-state index < -0.39 is 5.97 Å². The monoisotopic (exact) mass is 429 g/mol. The number of para-hydroxylation sites is 1. The molecule has 8 nitrogen and oxygen atoms in total. The van der Waals surface area contributed by atoms with Gasteiger partial charge in [-0.1, -0.05) is 24.3 Å². The van der Waals surface area contributed by atoms with E-state index in [9.17, 15) is 9.59 Å². The molecule has 0 fully saturated rings. The molecule has 1 N–H and O–H groups in total. The number of benzene rings is 2. The smallest absolute Gasteiger partial charge is 0.341 e. The third-order valence-electron chi connectivity index (χ3n) is 4.90. The van der Waals surface area contributed by atoms with Crippen LogP contribution in [-0.4, -0.2) is 38.0 Å². The Labute approximate surface area is 185 Å². The number of anilines is 1. The topological polar surface area (TPSA) is 91.0 Å². The number of carbonyl (C=O) groups excluding carboxylic acids is 2. The predicted molar refractivity (Wildman–Crippen MR) is 120 cm³/mol. The minimum Gasteiger partial charge on any atom is -0.462 e. The van der Waals surface area contributed by atoms with E-state index >= 15 is 0 Å². The highest BCUT2D eigenvalue weighted by Gasteiger charge is 2.16. The van der Waals surface area contributed by atoms with E-state index in [1.54, 1.807) is 41.5 Å². The average molecular weight is 429 g/mol. The van der Waals surface area contributed by atoms with Crippen LogP contribution in [0, 0.1) is 6.92 Å². The fourth-order valence-electron chi connectivity index (χ4n) is 3.36. The first kappa shape index (κ1) is 21.0. The van der Waals surface area contributed by atoms with Crippen LogP contribution in [0.5, 0.6) is 0 Å². The van der Waals surface area contributed by atoms with Crippen molar-refractivity contribution < 1.29 is 14.3 Å². The van der Waals surface area contributed by atoms with Crippen LogP contribution in [0.15, 0.2) is 73.2 Å². The maximum Gasteiger partial charge on any atom is 0.341 e. The molecule has 2 heterocycles. The van der Waals surface area contributed by atoms with Gasteiger partial charge < -0.3 is 10.1 Å². The van der Waals surface area contributed by atoms with Gasteiger partial charge in [0, 0.05) is 11.9 Å². The van der Waals surface area contributed by atoms with Crippen molar-refractivity contribution in [2.24, 2.45) is 0 Å². The van der Waals surface area contributed by atoms with Gasteiger partial charge in [-0.05, 0) is 49.7 Å². The molecule has 0 bridgehead atoms. The lowest BCUT2D eigenvalue weighted by atomic mass is 10.2. The number of amides is 1. The number of rotatable bonds is 7. The van der Waals surface area contributed by atoms with Crippen LogP contribution in [0.3, 0.4) is 0 Å². The van der Waals surface area contributed by atoms with Crippen molar-refractivity contribution in [1.29, 1.82) is 0 Å². The highest BCUT2D eigenvalue weighted by atomic mass is 16.5. The summed E-state index contributed by atoms with van der Waals surface area (Å²) in [6.45, 7) is 3.86. The van der Waals surface area contributed by atoms with Crippen molar-refractivity contribution >= 4 is 17.6 Å². The standard InChI is InChI=1S/C24H23N5O3/c1-3-32-24(31)22-15-26-29(17(22)2)21-11-7-8-19(13-21)27-23(30)12-18-14-25-28(16-18)20-9-5-4-6-10-20/h4-11,13-16H,3,12H2,1-2H3,(H,27,30). The van der Waals surface area contributed by atoms with E-state index in [2.05, 4.69) is 15.5 Å². The molecular weight excluding hydrogens is 406 g/mol. The summed E-state index contributed by atoms with van der Waals surface area (Å²) in [4.78, 5) is 24.6. The number of ether oxygens (including phenoxy) is 1. The lowest BCUT2D eigenvalue weighted by molar-refractivity contribution is -0.115.